The lowest BCUT2D eigenvalue weighted by Gasteiger charge is -2.34. The van der Waals surface area contributed by atoms with Gasteiger partial charge in [0.1, 0.15) is 0 Å². The molecule has 0 radical (unpaired) electrons. The van der Waals surface area contributed by atoms with Crippen LogP contribution in [0.15, 0.2) is 12.4 Å². The Kier molecular flexibility index (Phi) is 4.78. The summed E-state index contributed by atoms with van der Waals surface area (Å²) in [5.41, 5.74) is 1.30. The van der Waals surface area contributed by atoms with Crippen molar-refractivity contribution in [3.05, 3.63) is 18.0 Å². The maximum absolute atomic E-state index is 4.23. The van der Waals surface area contributed by atoms with Gasteiger partial charge in [0.05, 0.1) is 6.20 Å². The van der Waals surface area contributed by atoms with Crippen LogP contribution in [0.4, 0.5) is 0 Å². The zero-order chi connectivity index (χ0) is 13.0. The van der Waals surface area contributed by atoms with Gasteiger partial charge in [0.25, 0.3) is 0 Å². The van der Waals surface area contributed by atoms with E-state index in [-0.39, 0.29) is 0 Å². The molecular formula is C14H26N4. The van der Waals surface area contributed by atoms with Gasteiger partial charge >= 0.3 is 0 Å². The summed E-state index contributed by atoms with van der Waals surface area (Å²) in [4.78, 5) is 2.43. The second kappa shape index (κ2) is 6.34. The predicted molar refractivity (Wildman–Crippen MR) is 74.3 cm³/mol. The number of rotatable bonds is 5. The maximum atomic E-state index is 4.23. The van der Waals surface area contributed by atoms with Crippen LogP contribution in [0.5, 0.6) is 0 Å². The molecular weight excluding hydrogens is 224 g/mol. The van der Waals surface area contributed by atoms with E-state index in [9.17, 15) is 0 Å². The molecule has 0 aromatic carbocycles. The van der Waals surface area contributed by atoms with Crippen molar-refractivity contribution in [1.29, 1.82) is 0 Å². The molecule has 2 unspecified atom stereocenters. The first-order valence-electron chi connectivity index (χ1n) is 7.02. The Hall–Kier alpha value is -0.870. The third-order valence-corrected chi connectivity index (χ3v) is 4.04. The molecule has 1 aliphatic carbocycles. The van der Waals surface area contributed by atoms with E-state index in [1.54, 1.807) is 0 Å². The molecule has 102 valence electrons. The lowest BCUT2D eigenvalue weighted by molar-refractivity contribution is 0.190. The molecule has 1 saturated carbocycles. The van der Waals surface area contributed by atoms with E-state index in [0.717, 1.165) is 12.5 Å². The molecule has 18 heavy (non-hydrogen) atoms. The van der Waals surface area contributed by atoms with E-state index >= 15 is 0 Å². The van der Waals surface area contributed by atoms with Crippen molar-refractivity contribution in [2.75, 3.05) is 20.6 Å². The van der Waals surface area contributed by atoms with E-state index < -0.39 is 0 Å². The maximum Gasteiger partial charge on any atom is 0.0534 e. The van der Waals surface area contributed by atoms with Gasteiger partial charge in [-0.25, -0.2) is 0 Å². The van der Waals surface area contributed by atoms with Gasteiger partial charge in [-0.2, -0.15) is 5.10 Å². The summed E-state index contributed by atoms with van der Waals surface area (Å²) >= 11 is 0. The Morgan fingerprint density at radius 1 is 1.44 bits per heavy atom. The summed E-state index contributed by atoms with van der Waals surface area (Å²) < 4.78 is 1.88. The fourth-order valence-electron chi connectivity index (χ4n) is 3.14. The highest BCUT2D eigenvalue weighted by molar-refractivity contribution is 5.03. The quantitative estimate of drug-likeness (QED) is 0.862. The van der Waals surface area contributed by atoms with E-state index in [4.69, 9.17) is 0 Å². The molecule has 0 aliphatic heterocycles. The number of hydrogen-bond donors (Lipinski definition) is 1. The first kappa shape index (κ1) is 13.6. The highest BCUT2D eigenvalue weighted by Gasteiger charge is 2.24. The first-order valence-corrected chi connectivity index (χ1v) is 7.02. The van der Waals surface area contributed by atoms with Crippen molar-refractivity contribution in [3.8, 4) is 0 Å². The van der Waals surface area contributed by atoms with Gasteiger partial charge in [0.15, 0.2) is 0 Å². The SMILES string of the molecule is CNC1CCCCC1CN(C)Cc1cnn(C)c1. The van der Waals surface area contributed by atoms with Gasteiger partial charge in [-0.05, 0) is 32.9 Å². The molecule has 0 bridgehead atoms. The standard InChI is InChI=1S/C14H26N4/c1-15-14-7-5-4-6-13(14)11-17(2)9-12-8-16-18(3)10-12/h8,10,13-15H,4-7,9,11H2,1-3H3. The van der Waals surface area contributed by atoms with Crippen LogP contribution in [0, 0.1) is 5.92 Å². The van der Waals surface area contributed by atoms with Crippen molar-refractivity contribution >= 4 is 0 Å². The molecule has 4 nitrogen and oxygen atoms in total. The Balaban J connectivity index is 1.84. The molecule has 2 atom stereocenters. The van der Waals surface area contributed by atoms with Crippen molar-refractivity contribution < 1.29 is 0 Å². The van der Waals surface area contributed by atoms with E-state index in [1.165, 1.54) is 37.8 Å². The Labute approximate surface area is 110 Å². The van der Waals surface area contributed by atoms with Crippen LogP contribution in [-0.4, -0.2) is 41.4 Å². The van der Waals surface area contributed by atoms with E-state index in [1.807, 2.05) is 17.9 Å². The number of aromatic nitrogens is 2. The molecule has 1 aromatic rings. The van der Waals surface area contributed by atoms with Crippen molar-refractivity contribution in [2.45, 2.75) is 38.3 Å². The molecule has 2 rings (SSSR count). The largest absolute Gasteiger partial charge is 0.317 e. The van der Waals surface area contributed by atoms with Crippen LogP contribution in [0.1, 0.15) is 31.2 Å². The predicted octanol–water partition coefficient (Wildman–Crippen LogP) is 1.63. The molecule has 4 heteroatoms. The molecule has 0 spiro atoms. The average molecular weight is 250 g/mol. The summed E-state index contributed by atoms with van der Waals surface area (Å²) in [6.07, 6.45) is 9.54. The number of hydrogen-bond acceptors (Lipinski definition) is 3. The second-order valence-electron chi connectivity index (χ2n) is 5.66. The van der Waals surface area contributed by atoms with Crippen molar-refractivity contribution in [3.63, 3.8) is 0 Å². The minimum Gasteiger partial charge on any atom is -0.317 e. The average Bonchev–Trinajstić information content (AvgIpc) is 2.75. The van der Waals surface area contributed by atoms with Crippen LogP contribution in [0.3, 0.4) is 0 Å². The lowest BCUT2D eigenvalue weighted by Crippen LogP contribution is -2.41. The minimum absolute atomic E-state index is 0.704. The Bertz CT molecular complexity index is 360. The molecule has 1 heterocycles. The molecule has 0 saturated heterocycles. The van der Waals surface area contributed by atoms with Crippen LogP contribution >= 0.6 is 0 Å². The number of nitrogens with one attached hydrogen (secondary N) is 1. The summed E-state index contributed by atoms with van der Waals surface area (Å²) in [7, 11) is 6.29. The van der Waals surface area contributed by atoms with E-state index in [0.29, 0.717) is 6.04 Å². The van der Waals surface area contributed by atoms with Gasteiger partial charge in [0, 0.05) is 37.9 Å². The molecule has 1 aliphatic rings. The summed E-state index contributed by atoms with van der Waals surface area (Å²) in [5, 5.41) is 7.71. The van der Waals surface area contributed by atoms with Gasteiger partial charge in [-0.3, -0.25) is 4.68 Å². The molecule has 1 fully saturated rings. The van der Waals surface area contributed by atoms with Gasteiger partial charge in [0.2, 0.25) is 0 Å². The lowest BCUT2D eigenvalue weighted by atomic mass is 9.84. The Morgan fingerprint density at radius 2 is 2.22 bits per heavy atom. The smallest absolute Gasteiger partial charge is 0.0534 e. The van der Waals surface area contributed by atoms with Crippen LogP contribution in [0.25, 0.3) is 0 Å². The normalized spacial score (nSPS) is 24.7. The third-order valence-electron chi connectivity index (χ3n) is 4.04. The third kappa shape index (κ3) is 3.56. The zero-order valence-corrected chi connectivity index (χ0v) is 11.9. The first-order chi connectivity index (χ1) is 8.69. The summed E-state index contributed by atoms with van der Waals surface area (Å²) in [6, 6.07) is 0.704. The topological polar surface area (TPSA) is 33.1 Å². The summed E-state index contributed by atoms with van der Waals surface area (Å²) in [6.45, 7) is 2.18. The van der Waals surface area contributed by atoms with Gasteiger partial charge in [-0.15, -0.1) is 0 Å². The summed E-state index contributed by atoms with van der Waals surface area (Å²) in [5.74, 6) is 0.797. The number of aryl methyl sites for hydroxylation is 1. The van der Waals surface area contributed by atoms with Crippen molar-refractivity contribution in [1.82, 2.24) is 20.0 Å². The van der Waals surface area contributed by atoms with Gasteiger partial charge < -0.3 is 10.2 Å². The van der Waals surface area contributed by atoms with Crippen LogP contribution < -0.4 is 5.32 Å². The fraction of sp³-hybridized carbons (Fsp3) is 0.786. The van der Waals surface area contributed by atoms with Crippen LogP contribution in [0.2, 0.25) is 0 Å². The van der Waals surface area contributed by atoms with E-state index in [2.05, 4.69) is 35.6 Å². The van der Waals surface area contributed by atoms with Crippen molar-refractivity contribution in [2.24, 2.45) is 13.0 Å². The monoisotopic (exact) mass is 250 g/mol. The molecule has 1 N–H and O–H groups in total. The molecule has 1 aromatic heterocycles. The zero-order valence-electron chi connectivity index (χ0n) is 11.9. The van der Waals surface area contributed by atoms with Gasteiger partial charge in [-0.1, -0.05) is 12.8 Å². The fourth-order valence-corrected chi connectivity index (χ4v) is 3.14. The molecule has 0 amide bonds. The minimum atomic E-state index is 0.704. The van der Waals surface area contributed by atoms with Crippen LogP contribution in [-0.2, 0) is 13.6 Å². The second-order valence-corrected chi connectivity index (χ2v) is 5.66. The Morgan fingerprint density at radius 3 is 2.89 bits per heavy atom. The highest BCUT2D eigenvalue weighted by Crippen LogP contribution is 2.25. The highest BCUT2D eigenvalue weighted by atomic mass is 15.2. The number of nitrogens with zero attached hydrogens (tertiary/aromatic N) is 3.